The summed E-state index contributed by atoms with van der Waals surface area (Å²) < 4.78 is 38.8. The van der Waals surface area contributed by atoms with Gasteiger partial charge >= 0.3 is 0 Å². The second kappa shape index (κ2) is 8.51. The minimum atomic E-state index is -3.66. The number of carbonyl (C=O) groups is 1. The van der Waals surface area contributed by atoms with E-state index in [1.54, 1.807) is 13.0 Å². The fourth-order valence-electron chi connectivity index (χ4n) is 4.25. The molecule has 2 aromatic carbocycles. The van der Waals surface area contributed by atoms with E-state index in [1.165, 1.54) is 13.1 Å². The van der Waals surface area contributed by atoms with Gasteiger partial charge in [0, 0.05) is 18.5 Å². The van der Waals surface area contributed by atoms with Crippen molar-refractivity contribution in [1.29, 1.82) is 0 Å². The number of aryl methyl sites for hydroxylation is 1. The molecule has 0 aromatic heterocycles. The lowest BCUT2D eigenvalue weighted by Crippen LogP contribution is -2.31. The summed E-state index contributed by atoms with van der Waals surface area (Å²) in [5, 5.41) is 0. The Kier molecular flexibility index (Phi) is 5.94. The van der Waals surface area contributed by atoms with Gasteiger partial charge in [0.25, 0.3) is 5.91 Å². The first-order valence-electron chi connectivity index (χ1n) is 10.6. The maximum absolute atomic E-state index is 13.5. The molecule has 1 fully saturated rings. The summed E-state index contributed by atoms with van der Waals surface area (Å²) in [5.41, 5.74) is 2.80. The number of fused-ring (bicyclic) bond motifs is 1. The molecule has 31 heavy (non-hydrogen) atoms. The molecule has 1 atom stereocenters. The van der Waals surface area contributed by atoms with E-state index in [2.05, 4.69) is 4.72 Å². The van der Waals surface area contributed by atoms with Crippen molar-refractivity contribution in [3.05, 3.63) is 52.6 Å². The molecular weight excluding hydrogens is 416 g/mol. The standard InChI is InChI=1S/C23H28N2O5S/c1-15-12-18(14-22(16(15)2)31(27,28)24-3)23(26)25-9-4-6-19(25)17-7-8-20-21(13-17)30-11-5-10-29-20/h7-8,12-14,19,24H,4-6,9-11H2,1-3H3/t19-/m1/s1. The number of rotatable bonds is 4. The molecule has 2 aromatic rings. The summed E-state index contributed by atoms with van der Waals surface area (Å²) in [6.07, 6.45) is 2.57. The lowest BCUT2D eigenvalue weighted by molar-refractivity contribution is 0.0735. The van der Waals surface area contributed by atoms with Gasteiger partial charge in [-0.2, -0.15) is 0 Å². The van der Waals surface area contributed by atoms with Crippen molar-refractivity contribution in [3.8, 4) is 11.5 Å². The first-order valence-corrected chi connectivity index (χ1v) is 12.1. The Labute approximate surface area is 183 Å². The molecule has 0 radical (unpaired) electrons. The van der Waals surface area contributed by atoms with Crippen LogP contribution in [0.15, 0.2) is 35.2 Å². The smallest absolute Gasteiger partial charge is 0.254 e. The third-order valence-corrected chi connectivity index (χ3v) is 7.64. The molecule has 0 unspecified atom stereocenters. The highest BCUT2D eigenvalue weighted by Gasteiger charge is 2.32. The Hall–Kier alpha value is -2.58. The number of hydrogen-bond donors (Lipinski definition) is 1. The van der Waals surface area contributed by atoms with Crippen LogP contribution in [0.25, 0.3) is 0 Å². The van der Waals surface area contributed by atoms with Gasteiger partial charge < -0.3 is 14.4 Å². The molecule has 2 aliphatic rings. The van der Waals surface area contributed by atoms with E-state index < -0.39 is 10.0 Å². The monoisotopic (exact) mass is 444 g/mol. The Morgan fingerprint density at radius 1 is 1.06 bits per heavy atom. The van der Waals surface area contributed by atoms with Crippen LogP contribution in [-0.4, -0.2) is 46.0 Å². The Morgan fingerprint density at radius 3 is 2.55 bits per heavy atom. The lowest BCUT2D eigenvalue weighted by atomic mass is 10.0. The zero-order valence-electron chi connectivity index (χ0n) is 18.1. The average molecular weight is 445 g/mol. The highest BCUT2D eigenvalue weighted by atomic mass is 32.2. The summed E-state index contributed by atoms with van der Waals surface area (Å²) in [6, 6.07) is 9.03. The summed E-state index contributed by atoms with van der Waals surface area (Å²) >= 11 is 0. The van der Waals surface area contributed by atoms with Gasteiger partial charge in [0.05, 0.1) is 24.2 Å². The SMILES string of the molecule is CNS(=O)(=O)c1cc(C(=O)N2CCC[C@@H]2c2ccc3c(c2)OCCCO3)cc(C)c1C. The molecule has 8 heteroatoms. The number of nitrogens with one attached hydrogen (secondary N) is 1. The van der Waals surface area contributed by atoms with Crippen LogP contribution in [0, 0.1) is 13.8 Å². The average Bonchev–Trinajstić information content (AvgIpc) is 3.13. The summed E-state index contributed by atoms with van der Waals surface area (Å²) in [7, 11) is -2.29. The van der Waals surface area contributed by atoms with Crippen molar-refractivity contribution < 1.29 is 22.7 Å². The zero-order valence-corrected chi connectivity index (χ0v) is 18.9. The van der Waals surface area contributed by atoms with Crippen LogP contribution in [0.2, 0.25) is 0 Å². The Bertz CT molecular complexity index is 1110. The van der Waals surface area contributed by atoms with E-state index in [0.29, 0.717) is 36.6 Å². The number of sulfonamides is 1. The fourth-order valence-corrected chi connectivity index (χ4v) is 5.31. The predicted octanol–water partition coefficient (Wildman–Crippen LogP) is 3.35. The fraction of sp³-hybridized carbons (Fsp3) is 0.435. The van der Waals surface area contributed by atoms with Gasteiger partial charge in [0.15, 0.2) is 11.5 Å². The van der Waals surface area contributed by atoms with Crippen LogP contribution in [0.3, 0.4) is 0 Å². The number of carbonyl (C=O) groups excluding carboxylic acids is 1. The molecule has 0 aliphatic carbocycles. The van der Waals surface area contributed by atoms with Gasteiger partial charge in [-0.15, -0.1) is 0 Å². The van der Waals surface area contributed by atoms with Gasteiger partial charge in [-0.25, -0.2) is 13.1 Å². The summed E-state index contributed by atoms with van der Waals surface area (Å²) in [4.78, 5) is 15.4. The van der Waals surface area contributed by atoms with E-state index in [4.69, 9.17) is 9.47 Å². The number of ether oxygens (including phenoxy) is 2. The Morgan fingerprint density at radius 2 is 1.81 bits per heavy atom. The number of nitrogens with zero attached hydrogens (tertiary/aromatic N) is 1. The molecule has 0 saturated carbocycles. The highest BCUT2D eigenvalue weighted by Crippen LogP contribution is 2.38. The summed E-state index contributed by atoms with van der Waals surface area (Å²) in [5.74, 6) is 1.28. The number of hydrogen-bond acceptors (Lipinski definition) is 5. The molecule has 4 rings (SSSR count). The van der Waals surface area contributed by atoms with Crippen molar-refractivity contribution in [2.45, 2.75) is 44.0 Å². The van der Waals surface area contributed by atoms with Crippen molar-refractivity contribution in [1.82, 2.24) is 9.62 Å². The van der Waals surface area contributed by atoms with Crippen molar-refractivity contribution >= 4 is 15.9 Å². The second-order valence-electron chi connectivity index (χ2n) is 8.04. The Balaban J connectivity index is 1.67. The normalized spacial score (nSPS) is 18.7. The summed E-state index contributed by atoms with van der Waals surface area (Å²) in [6.45, 7) is 5.44. The minimum absolute atomic E-state index is 0.0874. The van der Waals surface area contributed by atoms with Crippen LogP contribution < -0.4 is 14.2 Å². The van der Waals surface area contributed by atoms with E-state index >= 15 is 0 Å². The highest BCUT2D eigenvalue weighted by molar-refractivity contribution is 7.89. The molecular formula is C23H28N2O5S. The van der Waals surface area contributed by atoms with E-state index in [1.807, 2.05) is 30.0 Å². The second-order valence-corrected chi connectivity index (χ2v) is 9.89. The van der Waals surface area contributed by atoms with Gasteiger partial charge in [-0.3, -0.25) is 4.79 Å². The van der Waals surface area contributed by atoms with Gasteiger partial charge in [0.2, 0.25) is 10.0 Å². The largest absolute Gasteiger partial charge is 0.490 e. The van der Waals surface area contributed by atoms with Gasteiger partial charge in [0.1, 0.15) is 0 Å². The molecule has 2 aliphatic heterocycles. The van der Waals surface area contributed by atoms with Gasteiger partial charge in [-0.05, 0) is 74.7 Å². The molecule has 166 valence electrons. The molecule has 0 bridgehead atoms. The molecule has 0 spiro atoms. The zero-order chi connectivity index (χ0) is 22.2. The maximum Gasteiger partial charge on any atom is 0.254 e. The molecule has 1 saturated heterocycles. The quantitative estimate of drug-likeness (QED) is 0.782. The third kappa shape index (κ3) is 4.14. The van der Waals surface area contributed by atoms with E-state index in [9.17, 15) is 13.2 Å². The molecule has 2 heterocycles. The van der Waals surface area contributed by atoms with Crippen LogP contribution in [0.4, 0.5) is 0 Å². The number of likely N-dealkylation sites (tertiary alicyclic amines) is 1. The van der Waals surface area contributed by atoms with Crippen molar-refractivity contribution in [2.75, 3.05) is 26.8 Å². The topological polar surface area (TPSA) is 84.9 Å². The van der Waals surface area contributed by atoms with Crippen LogP contribution >= 0.6 is 0 Å². The van der Waals surface area contributed by atoms with Crippen LogP contribution in [0.5, 0.6) is 11.5 Å². The molecule has 1 N–H and O–H groups in total. The van der Waals surface area contributed by atoms with Crippen LogP contribution in [-0.2, 0) is 10.0 Å². The van der Waals surface area contributed by atoms with E-state index in [-0.39, 0.29) is 16.8 Å². The predicted molar refractivity (Wildman–Crippen MR) is 117 cm³/mol. The van der Waals surface area contributed by atoms with E-state index in [0.717, 1.165) is 36.1 Å². The third-order valence-electron chi connectivity index (χ3n) is 6.09. The van der Waals surface area contributed by atoms with Gasteiger partial charge in [-0.1, -0.05) is 6.07 Å². The number of benzene rings is 2. The number of amides is 1. The maximum atomic E-state index is 13.5. The lowest BCUT2D eigenvalue weighted by Gasteiger charge is -2.26. The van der Waals surface area contributed by atoms with Crippen molar-refractivity contribution in [3.63, 3.8) is 0 Å². The molecule has 7 nitrogen and oxygen atoms in total. The molecule has 1 amide bonds. The first kappa shape index (κ1) is 21.6. The van der Waals surface area contributed by atoms with Crippen molar-refractivity contribution in [2.24, 2.45) is 0 Å². The minimum Gasteiger partial charge on any atom is -0.490 e. The first-order chi connectivity index (χ1) is 14.8. The van der Waals surface area contributed by atoms with Crippen LogP contribution in [0.1, 0.15) is 52.4 Å².